The molecule has 1 spiro atoms. The fourth-order valence-electron chi connectivity index (χ4n) is 7.50. The molecule has 8 heteroatoms. The highest BCUT2D eigenvalue weighted by molar-refractivity contribution is 6.05. The minimum absolute atomic E-state index is 0.123. The number of hydrogen-bond acceptors (Lipinski definition) is 5. The zero-order valence-electron chi connectivity index (χ0n) is 25.6. The molecule has 1 N–H and O–H groups in total. The molecule has 0 radical (unpaired) electrons. The van der Waals surface area contributed by atoms with E-state index in [0.717, 1.165) is 23.2 Å². The first-order valence-electron chi connectivity index (χ1n) is 14.9. The minimum atomic E-state index is -1.17. The molecule has 3 saturated heterocycles. The molecule has 1 aromatic carbocycles. The third kappa shape index (κ3) is 4.93. The van der Waals surface area contributed by atoms with Crippen molar-refractivity contribution in [3.63, 3.8) is 0 Å². The molecule has 3 aliphatic rings. The number of amides is 3. The van der Waals surface area contributed by atoms with Crippen LogP contribution in [0.3, 0.4) is 0 Å². The van der Waals surface area contributed by atoms with Gasteiger partial charge >= 0.3 is 0 Å². The highest BCUT2D eigenvalue weighted by atomic mass is 16.5. The number of ether oxygens (including phenoxy) is 1. The molecule has 0 aliphatic carbocycles. The molecule has 3 amide bonds. The van der Waals surface area contributed by atoms with E-state index in [1.54, 1.807) is 26.9 Å². The summed E-state index contributed by atoms with van der Waals surface area (Å²) in [7, 11) is 0. The summed E-state index contributed by atoms with van der Waals surface area (Å²) in [6.07, 6.45) is 5.20. The number of carbonyl (C=O) groups is 3. The molecule has 41 heavy (non-hydrogen) atoms. The van der Waals surface area contributed by atoms with Crippen molar-refractivity contribution in [3.8, 4) is 0 Å². The van der Waals surface area contributed by atoms with E-state index < -0.39 is 35.1 Å². The van der Waals surface area contributed by atoms with E-state index in [1.807, 2.05) is 59.7 Å². The number of anilines is 1. The van der Waals surface area contributed by atoms with E-state index in [1.165, 1.54) is 0 Å². The van der Waals surface area contributed by atoms with Crippen LogP contribution >= 0.6 is 0 Å². The number of aryl methyl sites for hydroxylation is 2. The summed E-state index contributed by atoms with van der Waals surface area (Å²) < 4.78 is 6.85. The number of rotatable bonds is 12. The number of likely N-dealkylation sites (tertiary alicyclic amines) is 1. The van der Waals surface area contributed by atoms with Crippen molar-refractivity contribution in [2.75, 3.05) is 31.1 Å². The molecule has 2 unspecified atom stereocenters. The Morgan fingerprint density at radius 1 is 1.17 bits per heavy atom. The summed E-state index contributed by atoms with van der Waals surface area (Å²) in [4.78, 5) is 48.6. The van der Waals surface area contributed by atoms with Gasteiger partial charge in [-0.05, 0) is 63.1 Å². The topological polar surface area (TPSA) is 90.4 Å². The molecular formula is C33H47N3O5. The van der Waals surface area contributed by atoms with E-state index in [2.05, 4.69) is 13.2 Å². The molecule has 0 aromatic heterocycles. The maximum Gasteiger partial charge on any atom is 0.253 e. The summed E-state index contributed by atoms with van der Waals surface area (Å²) >= 11 is 0. The smallest absolute Gasteiger partial charge is 0.253 e. The molecule has 224 valence electrons. The van der Waals surface area contributed by atoms with Crippen molar-refractivity contribution in [2.24, 2.45) is 17.8 Å². The molecule has 0 saturated carbocycles. The van der Waals surface area contributed by atoms with Crippen LogP contribution in [0.5, 0.6) is 0 Å². The van der Waals surface area contributed by atoms with Crippen LogP contribution in [0.15, 0.2) is 43.5 Å². The van der Waals surface area contributed by atoms with Crippen molar-refractivity contribution >= 4 is 23.4 Å². The lowest BCUT2D eigenvalue weighted by Gasteiger charge is -2.41. The van der Waals surface area contributed by atoms with Crippen LogP contribution < -0.4 is 4.90 Å². The van der Waals surface area contributed by atoms with Crippen LogP contribution in [0.25, 0.3) is 0 Å². The molecule has 3 aliphatic heterocycles. The molecule has 3 fully saturated rings. The van der Waals surface area contributed by atoms with Gasteiger partial charge in [0.1, 0.15) is 11.6 Å². The van der Waals surface area contributed by atoms with E-state index in [9.17, 15) is 19.5 Å². The van der Waals surface area contributed by atoms with Gasteiger partial charge in [0.15, 0.2) is 0 Å². The zero-order valence-corrected chi connectivity index (χ0v) is 25.6. The second kappa shape index (κ2) is 11.7. The Morgan fingerprint density at radius 2 is 1.85 bits per heavy atom. The Labute approximate surface area is 245 Å². The van der Waals surface area contributed by atoms with Gasteiger partial charge in [-0.1, -0.05) is 45.1 Å². The average molecular weight is 566 g/mol. The van der Waals surface area contributed by atoms with Crippen molar-refractivity contribution < 1.29 is 24.2 Å². The summed E-state index contributed by atoms with van der Waals surface area (Å²) in [5, 5.41) is 10.5. The van der Waals surface area contributed by atoms with Gasteiger partial charge in [0.25, 0.3) is 5.91 Å². The molecule has 6 atom stereocenters. The minimum Gasteiger partial charge on any atom is -0.394 e. The van der Waals surface area contributed by atoms with Gasteiger partial charge in [-0.2, -0.15) is 0 Å². The Hall–Kier alpha value is -2.97. The predicted molar refractivity (Wildman–Crippen MR) is 160 cm³/mol. The number of carbonyl (C=O) groups excluding carboxylic acids is 3. The highest BCUT2D eigenvalue weighted by Gasteiger charge is 2.79. The van der Waals surface area contributed by atoms with Crippen LogP contribution in [0.2, 0.25) is 0 Å². The van der Waals surface area contributed by atoms with Gasteiger partial charge in [-0.25, -0.2) is 0 Å². The van der Waals surface area contributed by atoms with Crippen molar-refractivity contribution in [2.45, 2.75) is 84.1 Å². The fraction of sp³-hybridized carbons (Fsp3) is 0.606. The van der Waals surface area contributed by atoms with Gasteiger partial charge in [0, 0.05) is 25.3 Å². The fourth-order valence-corrected chi connectivity index (χ4v) is 7.50. The number of nitrogens with zero attached hydrogens (tertiary/aromatic N) is 3. The van der Waals surface area contributed by atoms with Crippen LogP contribution in [-0.4, -0.2) is 82.2 Å². The predicted octanol–water partition coefficient (Wildman–Crippen LogP) is 4.03. The molecule has 3 heterocycles. The lowest BCUT2D eigenvalue weighted by Crippen LogP contribution is -2.60. The number of hydrogen-bond donors (Lipinski definition) is 1. The van der Waals surface area contributed by atoms with Crippen LogP contribution in [0, 0.1) is 31.6 Å². The lowest BCUT2D eigenvalue weighted by atomic mass is 9.66. The van der Waals surface area contributed by atoms with Gasteiger partial charge < -0.3 is 24.5 Å². The SMILES string of the molecule is C=CCN(CCC)C(=O)[C@H]1[C@H]2C(=O)N([C@@H](CO)C(C)C)C(C(=O)N(CC=C)c3cc(C)ccc3C)C23CC[C@]1(C)O3. The van der Waals surface area contributed by atoms with Crippen LogP contribution in [0.1, 0.15) is 58.1 Å². The van der Waals surface area contributed by atoms with Crippen molar-refractivity contribution in [3.05, 3.63) is 54.6 Å². The molecule has 2 bridgehead atoms. The summed E-state index contributed by atoms with van der Waals surface area (Å²) in [6.45, 7) is 20.3. The van der Waals surface area contributed by atoms with E-state index in [0.29, 0.717) is 25.9 Å². The largest absolute Gasteiger partial charge is 0.394 e. The van der Waals surface area contributed by atoms with E-state index in [-0.39, 0.29) is 36.8 Å². The Balaban J connectivity index is 1.88. The molecule has 4 rings (SSSR count). The highest BCUT2D eigenvalue weighted by Crippen LogP contribution is 2.64. The second-order valence-electron chi connectivity index (χ2n) is 12.6. The summed E-state index contributed by atoms with van der Waals surface area (Å²) in [5.74, 6) is -2.36. The number of benzene rings is 1. The standard InChI is InChI=1S/C33H47N3O5/c1-9-16-34(17-10-2)29(38)26-27-30(39)36(25(20-37)21(4)5)28(33(27)15-14-32(26,8)41-33)31(40)35(18-11-3)24-19-22(6)12-13-23(24)7/h9,11-13,19,21,25-28,37H,1,3,10,14-18,20H2,2,4-8H3/t25-,26+,27-,28?,32-,33?/m0/s1. The average Bonchev–Trinajstić information content (AvgIpc) is 3.49. The van der Waals surface area contributed by atoms with Crippen LogP contribution in [0.4, 0.5) is 5.69 Å². The first-order valence-corrected chi connectivity index (χ1v) is 14.9. The monoisotopic (exact) mass is 565 g/mol. The zero-order chi connectivity index (χ0) is 30.3. The van der Waals surface area contributed by atoms with Gasteiger partial charge in [0.05, 0.1) is 30.1 Å². The lowest BCUT2D eigenvalue weighted by molar-refractivity contribution is -0.152. The Morgan fingerprint density at radius 3 is 2.44 bits per heavy atom. The first-order chi connectivity index (χ1) is 19.4. The number of aliphatic hydroxyl groups is 1. The normalized spacial score (nSPS) is 29.0. The number of fused-ring (bicyclic) bond motifs is 1. The van der Waals surface area contributed by atoms with Gasteiger partial charge in [0.2, 0.25) is 11.8 Å². The van der Waals surface area contributed by atoms with Gasteiger partial charge in [-0.3, -0.25) is 14.4 Å². The second-order valence-corrected chi connectivity index (χ2v) is 12.6. The first kappa shape index (κ1) is 31.0. The van der Waals surface area contributed by atoms with Gasteiger partial charge in [-0.15, -0.1) is 13.2 Å². The summed E-state index contributed by atoms with van der Waals surface area (Å²) in [6, 6.07) is 4.36. The third-order valence-electron chi connectivity index (χ3n) is 9.42. The van der Waals surface area contributed by atoms with Crippen LogP contribution in [-0.2, 0) is 19.1 Å². The summed E-state index contributed by atoms with van der Waals surface area (Å²) in [5.41, 5.74) is 0.639. The number of aliphatic hydroxyl groups excluding tert-OH is 1. The maximum atomic E-state index is 14.9. The van der Waals surface area contributed by atoms with Crippen molar-refractivity contribution in [1.82, 2.24) is 9.80 Å². The quantitative estimate of drug-likeness (QED) is 0.387. The Bertz CT molecular complexity index is 1210. The third-order valence-corrected chi connectivity index (χ3v) is 9.42. The molecular weight excluding hydrogens is 518 g/mol. The molecule has 1 aromatic rings. The Kier molecular flexibility index (Phi) is 8.86. The van der Waals surface area contributed by atoms with E-state index >= 15 is 0 Å². The van der Waals surface area contributed by atoms with E-state index in [4.69, 9.17) is 4.74 Å². The van der Waals surface area contributed by atoms with Crippen molar-refractivity contribution in [1.29, 1.82) is 0 Å². The molecule has 8 nitrogen and oxygen atoms in total. The maximum absolute atomic E-state index is 14.9.